The number of sulfonamides is 1. The SMILES string of the molecule is O=C(COc1cccc2ccccc12)N1CCN(c2ccc(S(=O)(=O)Nc3ccncn3)cc2)CC1. The number of benzene rings is 3. The van der Waals surface area contributed by atoms with Gasteiger partial charge < -0.3 is 14.5 Å². The van der Waals surface area contributed by atoms with E-state index in [-0.39, 0.29) is 23.2 Å². The largest absolute Gasteiger partial charge is 0.483 e. The summed E-state index contributed by atoms with van der Waals surface area (Å²) in [5, 5.41) is 2.05. The zero-order valence-electron chi connectivity index (χ0n) is 19.4. The minimum absolute atomic E-state index is 0.0140. The molecule has 9 nitrogen and oxygen atoms in total. The van der Waals surface area contributed by atoms with Crippen LogP contribution in [0.3, 0.4) is 0 Å². The fourth-order valence-electron chi connectivity index (χ4n) is 4.15. The number of fused-ring (bicyclic) bond motifs is 1. The number of aromatic nitrogens is 2. The summed E-state index contributed by atoms with van der Waals surface area (Å²) in [5.74, 6) is 0.850. The van der Waals surface area contributed by atoms with Gasteiger partial charge in [-0.1, -0.05) is 36.4 Å². The van der Waals surface area contributed by atoms with E-state index in [0.717, 1.165) is 16.5 Å². The molecule has 10 heteroatoms. The number of anilines is 2. The Morgan fingerprint density at radius 3 is 2.42 bits per heavy atom. The fourth-order valence-corrected chi connectivity index (χ4v) is 5.16. The van der Waals surface area contributed by atoms with Crippen LogP contribution in [0.15, 0.2) is 90.2 Å². The first-order valence-electron chi connectivity index (χ1n) is 11.5. The van der Waals surface area contributed by atoms with Gasteiger partial charge in [-0.3, -0.25) is 9.52 Å². The number of carbonyl (C=O) groups is 1. The molecule has 1 aromatic heterocycles. The topological polar surface area (TPSA) is 105 Å². The van der Waals surface area contributed by atoms with E-state index < -0.39 is 10.0 Å². The fraction of sp³-hybridized carbons (Fsp3) is 0.192. The molecule has 36 heavy (non-hydrogen) atoms. The van der Waals surface area contributed by atoms with Gasteiger partial charge >= 0.3 is 0 Å². The molecule has 0 saturated carbocycles. The van der Waals surface area contributed by atoms with Crippen LogP contribution in [0, 0.1) is 0 Å². The zero-order valence-corrected chi connectivity index (χ0v) is 20.3. The molecular formula is C26H25N5O4S. The average Bonchev–Trinajstić information content (AvgIpc) is 2.92. The van der Waals surface area contributed by atoms with Crippen LogP contribution < -0.4 is 14.4 Å². The number of amides is 1. The summed E-state index contributed by atoms with van der Waals surface area (Å²) >= 11 is 0. The van der Waals surface area contributed by atoms with E-state index in [9.17, 15) is 13.2 Å². The minimum Gasteiger partial charge on any atom is -0.483 e. The maximum atomic E-state index is 12.8. The van der Waals surface area contributed by atoms with E-state index in [4.69, 9.17) is 4.74 Å². The lowest BCUT2D eigenvalue weighted by Gasteiger charge is -2.36. The Kier molecular flexibility index (Phi) is 6.68. The van der Waals surface area contributed by atoms with Crippen molar-refractivity contribution in [2.75, 3.05) is 42.4 Å². The van der Waals surface area contributed by atoms with E-state index in [1.807, 2.05) is 42.5 Å². The molecule has 0 radical (unpaired) electrons. The molecule has 1 fully saturated rings. The van der Waals surface area contributed by atoms with Crippen LogP contribution in [0.4, 0.5) is 11.5 Å². The van der Waals surface area contributed by atoms with Crippen LogP contribution >= 0.6 is 0 Å². The molecule has 1 saturated heterocycles. The van der Waals surface area contributed by atoms with Gasteiger partial charge in [-0.15, -0.1) is 0 Å². The zero-order chi connectivity index (χ0) is 25.0. The maximum Gasteiger partial charge on any atom is 0.263 e. The highest BCUT2D eigenvalue weighted by Gasteiger charge is 2.22. The average molecular weight is 504 g/mol. The van der Waals surface area contributed by atoms with Crippen LogP contribution in [0.5, 0.6) is 5.75 Å². The van der Waals surface area contributed by atoms with Gasteiger partial charge in [-0.2, -0.15) is 0 Å². The van der Waals surface area contributed by atoms with E-state index in [1.165, 1.54) is 18.6 Å². The summed E-state index contributed by atoms with van der Waals surface area (Å²) in [6, 6.07) is 21.9. The summed E-state index contributed by atoms with van der Waals surface area (Å²) in [7, 11) is -3.75. The normalized spacial score (nSPS) is 14.0. The molecule has 0 bridgehead atoms. The number of carbonyl (C=O) groups excluding carboxylic acids is 1. The molecular weight excluding hydrogens is 478 g/mol. The first-order valence-corrected chi connectivity index (χ1v) is 13.0. The molecule has 1 aliphatic heterocycles. The summed E-state index contributed by atoms with van der Waals surface area (Å²) in [6.45, 7) is 2.40. The predicted octanol–water partition coefficient (Wildman–Crippen LogP) is 3.16. The summed E-state index contributed by atoms with van der Waals surface area (Å²) in [5.41, 5.74) is 0.898. The third-order valence-corrected chi connectivity index (χ3v) is 7.44. The minimum atomic E-state index is -3.75. The summed E-state index contributed by atoms with van der Waals surface area (Å²) in [6.07, 6.45) is 2.75. The Morgan fingerprint density at radius 1 is 0.917 bits per heavy atom. The van der Waals surface area contributed by atoms with E-state index in [0.29, 0.717) is 31.9 Å². The molecule has 0 aliphatic carbocycles. The van der Waals surface area contributed by atoms with Crippen LogP contribution in [0.1, 0.15) is 0 Å². The second-order valence-electron chi connectivity index (χ2n) is 8.33. The Hall–Kier alpha value is -4.18. The summed E-state index contributed by atoms with van der Waals surface area (Å²) in [4.78, 5) is 24.5. The predicted molar refractivity (Wildman–Crippen MR) is 138 cm³/mol. The van der Waals surface area contributed by atoms with E-state index in [1.54, 1.807) is 29.2 Å². The van der Waals surface area contributed by atoms with Gasteiger partial charge in [0, 0.05) is 43.4 Å². The monoisotopic (exact) mass is 503 g/mol. The highest BCUT2D eigenvalue weighted by Crippen LogP contribution is 2.25. The lowest BCUT2D eigenvalue weighted by atomic mass is 10.1. The van der Waals surface area contributed by atoms with E-state index in [2.05, 4.69) is 19.6 Å². The number of hydrogen-bond donors (Lipinski definition) is 1. The quantitative estimate of drug-likeness (QED) is 0.413. The molecule has 184 valence electrons. The highest BCUT2D eigenvalue weighted by atomic mass is 32.2. The van der Waals surface area contributed by atoms with Gasteiger partial charge in [-0.25, -0.2) is 18.4 Å². The third kappa shape index (κ3) is 5.23. The van der Waals surface area contributed by atoms with Crippen molar-refractivity contribution in [1.29, 1.82) is 0 Å². The lowest BCUT2D eigenvalue weighted by molar-refractivity contribution is -0.133. The number of rotatable bonds is 7. The van der Waals surface area contributed by atoms with Gasteiger partial charge in [0.2, 0.25) is 0 Å². The van der Waals surface area contributed by atoms with Crippen molar-refractivity contribution in [2.24, 2.45) is 0 Å². The van der Waals surface area contributed by atoms with Crippen molar-refractivity contribution < 1.29 is 17.9 Å². The molecule has 1 aliphatic rings. The molecule has 1 amide bonds. The molecule has 2 heterocycles. The van der Waals surface area contributed by atoms with Crippen LogP contribution in [0.2, 0.25) is 0 Å². The smallest absolute Gasteiger partial charge is 0.263 e. The molecule has 0 unspecified atom stereocenters. The molecule has 1 N–H and O–H groups in total. The molecule has 3 aromatic carbocycles. The van der Waals surface area contributed by atoms with Crippen molar-refractivity contribution in [3.63, 3.8) is 0 Å². The van der Waals surface area contributed by atoms with Gasteiger partial charge in [0.25, 0.3) is 15.9 Å². The van der Waals surface area contributed by atoms with Crippen molar-refractivity contribution >= 4 is 38.2 Å². The Balaban J connectivity index is 1.15. The molecule has 4 aromatic rings. The van der Waals surface area contributed by atoms with Crippen LogP contribution in [-0.2, 0) is 14.8 Å². The second-order valence-corrected chi connectivity index (χ2v) is 10.0. The maximum absolute atomic E-state index is 12.8. The van der Waals surface area contributed by atoms with Gasteiger partial charge in [0.1, 0.15) is 17.9 Å². The highest BCUT2D eigenvalue weighted by molar-refractivity contribution is 7.92. The Bertz CT molecular complexity index is 1450. The number of hydrogen-bond acceptors (Lipinski definition) is 7. The Labute approximate surface area is 209 Å². The standard InChI is InChI=1S/C26H25N5O4S/c32-26(18-35-24-7-3-5-20-4-1-2-6-23(20)24)31-16-14-30(15-17-31)21-8-10-22(11-9-21)36(33,34)29-25-12-13-27-19-28-25/h1-13,19H,14-18H2,(H,27,28,29). The number of ether oxygens (including phenoxy) is 1. The first kappa shape index (κ1) is 23.6. The Morgan fingerprint density at radius 2 is 1.67 bits per heavy atom. The van der Waals surface area contributed by atoms with Gasteiger partial charge in [-0.05, 0) is 41.8 Å². The van der Waals surface area contributed by atoms with Crippen molar-refractivity contribution in [2.45, 2.75) is 4.90 Å². The molecule has 5 rings (SSSR count). The van der Waals surface area contributed by atoms with Crippen LogP contribution in [0.25, 0.3) is 10.8 Å². The van der Waals surface area contributed by atoms with Crippen molar-refractivity contribution in [3.05, 3.63) is 85.3 Å². The summed E-state index contributed by atoms with van der Waals surface area (Å²) < 4.78 is 33.5. The van der Waals surface area contributed by atoms with Crippen molar-refractivity contribution in [3.8, 4) is 5.75 Å². The number of nitrogens with zero attached hydrogens (tertiary/aromatic N) is 4. The molecule has 0 spiro atoms. The van der Waals surface area contributed by atoms with Gasteiger partial charge in [0.15, 0.2) is 6.61 Å². The van der Waals surface area contributed by atoms with Gasteiger partial charge in [0.05, 0.1) is 4.90 Å². The number of piperazine rings is 1. The number of nitrogens with one attached hydrogen (secondary N) is 1. The third-order valence-electron chi connectivity index (χ3n) is 6.07. The second kappa shape index (κ2) is 10.2. The first-order chi connectivity index (χ1) is 17.5. The van der Waals surface area contributed by atoms with Crippen molar-refractivity contribution in [1.82, 2.24) is 14.9 Å². The van der Waals surface area contributed by atoms with E-state index >= 15 is 0 Å². The van der Waals surface area contributed by atoms with Crippen LogP contribution in [-0.4, -0.2) is 62.0 Å². The lowest BCUT2D eigenvalue weighted by Crippen LogP contribution is -2.50. The molecule has 0 atom stereocenters.